The zero-order valence-electron chi connectivity index (χ0n) is 8.91. The molecule has 3 nitrogen and oxygen atoms in total. The van der Waals surface area contributed by atoms with Gasteiger partial charge in [-0.25, -0.2) is 4.98 Å². The van der Waals surface area contributed by atoms with E-state index in [0.29, 0.717) is 11.8 Å². The average molecular weight is 230 g/mol. The van der Waals surface area contributed by atoms with Crippen molar-refractivity contribution < 1.29 is 9.15 Å². The molecule has 1 aliphatic heterocycles. The van der Waals surface area contributed by atoms with Gasteiger partial charge in [-0.15, -0.1) is 11.6 Å². The Labute approximate surface area is 94.8 Å². The van der Waals surface area contributed by atoms with E-state index in [1.807, 2.05) is 0 Å². The highest BCUT2D eigenvalue weighted by atomic mass is 35.5. The third-order valence-electron chi connectivity index (χ3n) is 2.76. The lowest BCUT2D eigenvalue weighted by Gasteiger charge is -2.09. The Kier molecular flexibility index (Phi) is 3.65. The van der Waals surface area contributed by atoms with Crippen LogP contribution in [0.3, 0.4) is 0 Å². The molecule has 2 rings (SSSR count). The normalized spacial score (nSPS) is 26.0. The van der Waals surface area contributed by atoms with Gasteiger partial charge in [0, 0.05) is 18.9 Å². The fraction of sp³-hybridized carbons (Fsp3) is 0.727. The highest BCUT2D eigenvalue weighted by Crippen LogP contribution is 2.34. The Morgan fingerprint density at radius 3 is 3.13 bits per heavy atom. The van der Waals surface area contributed by atoms with Crippen molar-refractivity contribution in [2.75, 3.05) is 12.5 Å². The first-order chi connectivity index (χ1) is 7.31. The van der Waals surface area contributed by atoms with Crippen LogP contribution in [-0.2, 0) is 11.2 Å². The Hall–Kier alpha value is -0.540. The number of rotatable bonds is 4. The molecule has 2 unspecified atom stereocenters. The van der Waals surface area contributed by atoms with E-state index in [1.165, 1.54) is 0 Å². The third kappa shape index (κ3) is 2.52. The van der Waals surface area contributed by atoms with Crippen molar-refractivity contribution in [3.8, 4) is 0 Å². The van der Waals surface area contributed by atoms with Gasteiger partial charge in [0.05, 0.1) is 6.20 Å². The van der Waals surface area contributed by atoms with Gasteiger partial charge in [-0.05, 0) is 18.8 Å². The SMILES string of the molecule is CC1CCOC1c1cnc(CCCCl)o1. The number of oxazole rings is 1. The van der Waals surface area contributed by atoms with Crippen LogP contribution in [0.5, 0.6) is 0 Å². The number of halogens is 1. The largest absolute Gasteiger partial charge is 0.443 e. The molecule has 0 spiro atoms. The van der Waals surface area contributed by atoms with Crippen molar-refractivity contribution in [1.82, 2.24) is 4.98 Å². The molecule has 0 radical (unpaired) electrons. The van der Waals surface area contributed by atoms with E-state index in [4.69, 9.17) is 20.8 Å². The van der Waals surface area contributed by atoms with Crippen molar-refractivity contribution in [3.05, 3.63) is 17.8 Å². The molecular formula is C11H16ClNO2. The summed E-state index contributed by atoms with van der Waals surface area (Å²) in [5.41, 5.74) is 0. The van der Waals surface area contributed by atoms with Gasteiger partial charge >= 0.3 is 0 Å². The Morgan fingerprint density at radius 1 is 1.60 bits per heavy atom. The van der Waals surface area contributed by atoms with Crippen LogP contribution in [0.1, 0.15) is 37.5 Å². The van der Waals surface area contributed by atoms with Crippen LogP contribution in [-0.4, -0.2) is 17.5 Å². The molecule has 2 atom stereocenters. The van der Waals surface area contributed by atoms with Crippen molar-refractivity contribution >= 4 is 11.6 Å². The fourth-order valence-corrected chi connectivity index (χ4v) is 1.98. The first kappa shape index (κ1) is 11.0. The number of aryl methyl sites for hydroxylation is 1. The van der Waals surface area contributed by atoms with E-state index in [9.17, 15) is 0 Å². The van der Waals surface area contributed by atoms with Crippen molar-refractivity contribution in [2.24, 2.45) is 5.92 Å². The minimum absolute atomic E-state index is 0.0993. The van der Waals surface area contributed by atoms with Gasteiger partial charge < -0.3 is 9.15 Å². The number of alkyl halides is 1. The van der Waals surface area contributed by atoms with E-state index in [2.05, 4.69) is 11.9 Å². The van der Waals surface area contributed by atoms with E-state index in [0.717, 1.165) is 37.5 Å². The summed E-state index contributed by atoms with van der Waals surface area (Å²) in [6, 6.07) is 0. The second kappa shape index (κ2) is 4.99. The first-order valence-corrected chi connectivity index (χ1v) is 5.97. The third-order valence-corrected chi connectivity index (χ3v) is 3.03. The maximum Gasteiger partial charge on any atom is 0.194 e. The molecule has 2 heterocycles. The number of nitrogens with zero attached hydrogens (tertiary/aromatic N) is 1. The summed E-state index contributed by atoms with van der Waals surface area (Å²) in [4.78, 5) is 4.23. The van der Waals surface area contributed by atoms with Crippen LogP contribution < -0.4 is 0 Å². The summed E-state index contributed by atoms with van der Waals surface area (Å²) in [6.45, 7) is 3.00. The van der Waals surface area contributed by atoms with Gasteiger partial charge in [0.1, 0.15) is 6.10 Å². The summed E-state index contributed by atoms with van der Waals surface area (Å²) >= 11 is 5.61. The monoisotopic (exact) mass is 229 g/mol. The first-order valence-electron chi connectivity index (χ1n) is 5.43. The zero-order chi connectivity index (χ0) is 10.7. The van der Waals surface area contributed by atoms with Gasteiger partial charge in [0.25, 0.3) is 0 Å². The molecule has 0 aliphatic carbocycles. The standard InChI is InChI=1S/C11H16ClNO2/c1-8-4-6-14-11(8)9-7-13-10(15-9)3-2-5-12/h7-8,11H,2-6H2,1H3. The Morgan fingerprint density at radius 2 is 2.47 bits per heavy atom. The predicted molar refractivity (Wildman–Crippen MR) is 58.0 cm³/mol. The topological polar surface area (TPSA) is 35.3 Å². The molecule has 15 heavy (non-hydrogen) atoms. The molecule has 1 aliphatic rings. The van der Waals surface area contributed by atoms with Gasteiger partial charge in [-0.2, -0.15) is 0 Å². The molecule has 1 fully saturated rings. The second-order valence-electron chi connectivity index (χ2n) is 4.01. The molecular weight excluding hydrogens is 214 g/mol. The van der Waals surface area contributed by atoms with Crippen LogP contribution in [0, 0.1) is 5.92 Å². The Balaban J connectivity index is 1.99. The van der Waals surface area contributed by atoms with Gasteiger partial charge in [0.15, 0.2) is 11.7 Å². The molecule has 1 saturated heterocycles. The second-order valence-corrected chi connectivity index (χ2v) is 4.38. The lowest BCUT2D eigenvalue weighted by Crippen LogP contribution is -2.02. The van der Waals surface area contributed by atoms with Gasteiger partial charge in [-0.3, -0.25) is 0 Å². The van der Waals surface area contributed by atoms with Gasteiger partial charge in [-0.1, -0.05) is 6.92 Å². The van der Waals surface area contributed by atoms with E-state index < -0.39 is 0 Å². The lowest BCUT2D eigenvalue weighted by atomic mass is 10.0. The van der Waals surface area contributed by atoms with E-state index in [-0.39, 0.29) is 6.10 Å². The summed E-state index contributed by atoms with van der Waals surface area (Å²) in [7, 11) is 0. The number of ether oxygens (including phenoxy) is 1. The van der Waals surface area contributed by atoms with Crippen LogP contribution >= 0.6 is 11.6 Å². The minimum Gasteiger partial charge on any atom is -0.443 e. The molecule has 0 N–H and O–H groups in total. The average Bonchev–Trinajstić information content (AvgIpc) is 2.83. The quantitative estimate of drug-likeness (QED) is 0.745. The van der Waals surface area contributed by atoms with E-state index >= 15 is 0 Å². The maximum atomic E-state index is 5.65. The summed E-state index contributed by atoms with van der Waals surface area (Å²) in [5, 5.41) is 0. The molecule has 84 valence electrons. The highest BCUT2D eigenvalue weighted by Gasteiger charge is 2.28. The highest BCUT2D eigenvalue weighted by molar-refractivity contribution is 6.17. The minimum atomic E-state index is 0.0993. The molecule has 0 saturated carbocycles. The summed E-state index contributed by atoms with van der Waals surface area (Å²) < 4.78 is 11.3. The zero-order valence-corrected chi connectivity index (χ0v) is 9.67. The molecule has 0 bridgehead atoms. The molecule has 4 heteroatoms. The van der Waals surface area contributed by atoms with Crippen molar-refractivity contribution in [1.29, 1.82) is 0 Å². The molecule has 0 amide bonds. The van der Waals surface area contributed by atoms with Crippen LogP contribution in [0.2, 0.25) is 0 Å². The summed E-state index contributed by atoms with van der Waals surface area (Å²) in [6.07, 6.45) is 4.70. The van der Waals surface area contributed by atoms with Crippen molar-refractivity contribution in [2.45, 2.75) is 32.3 Å². The van der Waals surface area contributed by atoms with Crippen LogP contribution in [0.15, 0.2) is 10.6 Å². The van der Waals surface area contributed by atoms with Crippen LogP contribution in [0.4, 0.5) is 0 Å². The van der Waals surface area contributed by atoms with Crippen LogP contribution in [0.25, 0.3) is 0 Å². The molecule has 0 aromatic carbocycles. The van der Waals surface area contributed by atoms with Gasteiger partial charge in [0.2, 0.25) is 0 Å². The van der Waals surface area contributed by atoms with Crippen molar-refractivity contribution in [3.63, 3.8) is 0 Å². The number of hydrogen-bond acceptors (Lipinski definition) is 3. The fourth-order valence-electron chi connectivity index (χ4n) is 1.85. The number of aromatic nitrogens is 1. The lowest BCUT2D eigenvalue weighted by molar-refractivity contribution is 0.0749. The summed E-state index contributed by atoms with van der Waals surface area (Å²) in [5.74, 6) is 2.81. The molecule has 1 aromatic rings. The number of hydrogen-bond donors (Lipinski definition) is 0. The smallest absolute Gasteiger partial charge is 0.194 e. The Bertz CT molecular complexity index is 313. The van der Waals surface area contributed by atoms with E-state index in [1.54, 1.807) is 6.20 Å². The maximum absolute atomic E-state index is 5.65. The predicted octanol–water partition coefficient (Wildman–Crippen LogP) is 2.94. The molecule has 1 aromatic heterocycles.